The fourth-order valence-corrected chi connectivity index (χ4v) is 4.32. The van der Waals surface area contributed by atoms with Gasteiger partial charge in [0.2, 0.25) is 10.0 Å². The number of nitrogens with one attached hydrogen (secondary N) is 1. The van der Waals surface area contributed by atoms with Crippen LogP contribution in [0.4, 0.5) is 0 Å². The van der Waals surface area contributed by atoms with Crippen LogP contribution in [0.3, 0.4) is 0 Å². The molecule has 0 radical (unpaired) electrons. The minimum absolute atomic E-state index is 0.119. The number of nitrogens with zero attached hydrogens (tertiary/aromatic N) is 3. The van der Waals surface area contributed by atoms with Gasteiger partial charge < -0.3 is 10.6 Å². The number of aromatic nitrogens is 2. The van der Waals surface area contributed by atoms with Gasteiger partial charge in [-0.3, -0.25) is 9.89 Å². The largest absolute Gasteiger partial charge is 0.336 e. The topological polar surface area (TPSA) is 112 Å². The highest BCUT2D eigenvalue weighted by molar-refractivity contribution is 7.89. The van der Waals surface area contributed by atoms with E-state index < -0.39 is 10.0 Å². The van der Waals surface area contributed by atoms with Crippen LogP contribution in [-0.2, 0) is 16.6 Å². The molecule has 9 heteroatoms. The van der Waals surface area contributed by atoms with Gasteiger partial charge in [-0.2, -0.15) is 9.40 Å². The predicted octanol–water partition coefficient (Wildman–Crippen LogP) is 0.404. The molecule has 1 aromatic carbocycles. The molecule has 0 spiro atoms. The first kappa shape index (κ1) is 17.6. The second-order valence-corrected chi connectivity index (χ2v) is 8.12. The summed E-state index contributed by atoms with van der Waals surface area (Å²) in [4.78, 5) is 14.2. The second kappa shape index (κ2) is 6.95. The Hall–Kier alpha value is -2.23. The van der Waals surface area contributed by atoms with Gasteiger partial charge in [-0.15, -0.1) is 0 Å². The van der Waals surface area contributed by atoms with E-state index in [0.29, 0.717) is 31.6 Å². The van der Waals surface area contributed by atoms with Crippen LogP contribution >= 0.6 is 0 Å². The molecule has 0 aliphatic carbocycles. The Kier molecular flexibility index (Phi) is 4.89. The standard InChI is InChI=1S/C16H21N5O3S/c1-20(11-14-6-8-18-19-14)16(22)12-2-4-15(5-3-12)25(23,24)21-9-7-13(17)10-21/h2-6,8,13H,7,9-11,17H2,1H3,(H,18,19)/t13-/m1/s1. The number of amides is 1. The van der Waals surface area contributed by atoms with Gasteiger partial charge in [0.25, 0.3) is 5.91 Å². The van der Waals surface area contributed by atoms with Crippen LogP contribution in [0, 0.1) is 0 Å². The maximum Gasteiger partial charge on any atom is 0.253 e. The molecular weight excluding hydrogens is 342 g/mol. The molecule has 0 unspecified atom stereocenters. The van der Waals surface area contributed by atoms with Gasteiger partial charge in [0.1, 0.15) is 0 Å². The molecule has 2 aromatic rings. The fourth-order valence-electron chi connectivity index (χ4n) is 2.81. The van der Waals surface area contributed by atoms with Crippen molar-refractivity contribution in [2.45, 2.75) is 23.9 Å². The number of aromatic amines is 1. The first-order valence-electron chi connectivity index (χ1n) is 7.97. The normalized spacial score (nSPS) is 18.4. The number of hydrogen-bond donors (Lipinski definition) is 2. The first-order chi connectivity index (χ1) is 11.9. The zero-order valence-corrected chi connectivity index (χ0v) is 14.7. The van der Waals surface area contributed by atoms with Crippen LogP contribution in [0.25, 0.3) is 0 Å². The molecule has 134 valence electrons. The molecule has 25 heavy (non-hydrogen) atoms. The third-order valence-corrected chi connectivity index (χ3v) is 6.12. The van der Waals surface area contributed by atoms with Crippen LogP contribution in [0.5, 0.6) is 0 Å². The van der Waals surface area contributed by atoms with Crippen molar-refractivity contribution in [3.05, 3.63) is 47.8 Å². The molecule has 1 fully saturated rings. The summed E-state index contributed by atoms with van der Waals surface area (Å²) in [5.41, 5.74) is 7.04. The molecular formula is C16H21N5O3S. The van der Waals surface area contributed by atoms with Gasteiger partial charge in [-0.1, -0.05) is 0 Å². The molecule has 3 rings (SSSR count). The molecule has 1 amide bonds. The molecule has 2 heterocycles. The Morgan fingerprint density at radius 3 is 2.64 bits per heavy atom. The third kappa shape index (κ3) is 3.73. The van der Waals surface area contributed by atoms with Crippen molar-refractivity contribution >= 4 is 15.9 Å². The molecule has 3 N–H and O–H groups in total. The quantitative estimate of drug-likeness (QED) is 0.799. The Balaban J connectivity index is 1.72. The maximum absolute atomic E-state index is 12.6. The Bertz CT molecular complexity index is 833. The van der Waals surface area contributed by atoms with E-state index in [-0.39, 0.29) is 16.8 Å². The van der Waals surface area contributed by atoms with E-state index >= 15 is 0 Å². The lowest BCUT2D eigenvalue weighted by atomic mass is 10.2. The summed E-state index contributed by atoms with van der Waals surface area (Å²) in [6.07, 6.45) is 2.28. The smallest absolute Gasteiger partial charge is 0.253 e. The van der Waals surface area contributed by atoms with Crippen LogP contribution < -0.4 is 5.73 Å². The van der Waals surface area contributed by atoms with Crippen molar-refractivity contribution in [2.24, 2.45) is 5.73 Å². The summed E-state index contributed by atoms with van der Waals surface area (Å²) in [7, 11) is -1.88. The van der Waals surface area contributed by atoms with Crippen molar-refractivity contribution in [2.75, 3.05) is 20.1 Å². The van der Waals surface area contributed by atoms with Crippen molar-refractivity contribution in [3.63, 3.8) is 0 Å². The summed E-state index contributed by atoms with van der Waals surface area (Å²) in [5, 5.41) is 6.64. The summed E-state index contributed by atoms with van der Waals surface area (Å²) in [6.45, 7) is 1.15. The molecule has 1 aromatic heterocycles. The number of H-pyrrole nitrogens is 1. The zero-order valence-electron chi connectivity index (χ0n) is 13.9. The van der Waals surface area contributed by atoms with Crippen LogP contribution in [0.2, 0.25) is 0 Å². The van der Waals surface area contributed by atoms with Gasteiger partial charge in [0, 0.05) is 37.9 Å². The number of carbonyl (C=O) groups is 1. The van der Waals surface area contributed by atoms with Gasteiger partial charge >= 0.3 is 0 Å². The van der Waals surface area contributed by atoms with Gasteiger partial charge in [0.15, 0.2) is 0 Å². The second-order valence-electron chi connectivity index (χ2n) is 6.18. The first-order valence-corrected chi connectivity index (χ1v) is 9.41. The van der Waals surface area contributed by atoms with Crippen molar-refractivity contribution in [1.82, 2.24) is 19.4 Å². The lowest BCUT2D eigenvalue weighted by Gasteiger charge is -2.18. The minimum Gasteiger partial charge on any atom is -0.336 e. The van der Waals surface area contributed by atoms with Crippen molar-refractivity contribution in [3.8, 4) is 0 Å². The maximum atomic E-state index is 12.6. The highest BCUT2D eigenvalue weighted by Gasteiger charge is 2.31. The van der Waals surface area contributed by atoms with E-state index in [1.54, 1.807) is 19.3 Å². The number of nitrogens with two attached hydrogens (primary N) is 1. The van der Waals surface area contributed by atoms with Crippen LogP contribution in [0.15, 0.2) is 41.4 Å². The number of rotatable bonds is 5. The average molecular weight is 363 g/mol. The van der Waals surface area contributed by atoms with Crippen LogP contribution in [-0.4, -0.2) is 59.9 Å². The number of hydrogen-bond acceptors (Lipinski definition) is 5. The van der Waals surface area contributed by atoms with E-state index in [0.717, 1.165) is 5.69 Å². The lowest BCUT2D eigenvalue weighted by Crippen LogP contribution is -2.32. The predicted molar refractivity (Wildman–Crippen MR) is 92.2 cm³/mol. The van der Waals surface area contributed by atoms with Crippen molar-refractivity contribution in [1.29, 1.82) is 0 Å². The molecule has 0 bridgehead atoms. The molecule has 8 nitrogen and oxygen atoms in total. The zero-order chi connectivity index (χ0) is 18.0. The minimum atomic E-state index is -3.56. The average Bonchev–Trinajstić information content (AvgIpc) is 3.26. The van der Waals surface area contributed by atoms with E-state index in [9.17, 15) is 13.2 Å². The lowest BCUT2D eigenvalue weighted by molar-refractivity contribution is 0.0783. The van der Waals surface area contributed by atoms with E-state index in [1.807, 2.05) is 0 Å². The fraction of sp³-hybridized carbons (Fsp3) is 0.375. The van der Waals surface area contributed by atoms with E-state index in [1.165, 1.54) is 33.5 Å². The number of benzene rings is 1. The third-order valence-electron chi connectivity index (χ3n) is 4.24. The number of sulfonamides is 1. The van der Waals surface area contributed by atoms with Gasteiger partial charge in [-0.05, 0) is 36.8 Å². The summed E-state index contributed by atoms with van der Waals surface area (Å²) < 4.78 is 26.5. The molecule has 1 aliphatic rings. The molecule has 1 atom stereocenters. The summed E-state index contributed by atoms with van der Waals surface area (Å²) in [6, 6.07) is 7.68. The van der Waals surface area contributed by atoms with Gasteiger partial charge in [-0.25, -0.2) is 8.42 Å². The SMILES string of the molecule is CN(Cc1ccn[nH]1)C(=O)c1ccc(S(=O)(=O)N2CC[C@@H](N)C2)cc1. The molecule has 1 saturated heterocycles. The highest BCUT2D eigenvalue weighted by atomic mass is 32.2. The molecule has 1 aliphatic heterocycles. The van der Waals surface area contributed by atoms with Gasteiger partial charge in [0.05, 0.1) is 17.1 Å². The highest BCUT2D eigenvalue weighted by Crippen LogP contribution is 2.21. The Morgan fingerprint density at radius 1 is 1.36 bits per heavy atom. The monoisotopic (exact) mass is 363 g/mol. The molecule has 0 saturated carbocycles. The van der Waals surface area contributed by atoms with Crippen molar-refractivity contribution < 1.29 is 13.2 Å². The Labute approximate surface area is 146 Å². The number of carbonyl (C=O) groups excluding carboxylic acids is 1. The summed E-state index contributed by atoms with van der Waals surface area (Å²) >= 11 is 0. The van der Waals surface area contributed by atoms with E-state index in [2.05, 4.69) is 10.2 Å². The Morgan fingerprint density at radius 2 is 2.08 bits per heavy atom. The summed E-state index contributed by atoms with van der Waals surface area (Å²) in [5.74, 6) is -0.193. The van der Waals surface area contributed by atoms with Crippen LogP contribution in [0.1, 0.15) is 22.5 Å². The van der Waals surface area contributed by atoms with E-state index in [4.69, 9.17) is 5.73 Å².